The van der Waals surface area contributed by atoms with Crippen LogP contribution < -0.4 is 10.6 Å². The van der Waals surface area contributed by atoms with Crippen LogP contribution in [0.1, 0.15) is 38.1 Å². The lowest BCUT2D eigenvalue weighted by atomic mass is 10.3. The van der Waals surface area contributed by atoms with E-state index in [-0.39, 0.29) is 11.9 Å². The zero-order valence-corrected chi connectivity index (χ0v) is 12.4. The van der Waals surface area contributed by atoms with Gasteiger partial charge in [-0.2, -0.15) is 5.10 Å². The third-order valence-corrected chi connectivity index (χ3v) is 3.84. The first-order valence-corrected chi connectivity index (χ1v) is 7.16. The van der Waals surface area contributed by atoms with Crippen LogP contribution >= 0.6 is 11.6 Å². The number of nitrogens with zero attached hydrogens (tertiary/aromatic N) is 2. The van der Waals surface area contributed by atoms with E-state index in [0.29, 0.717) is 17.6 Å². The number of nitrogens with one attached hydrogen (secondary N) is 2. The lowest BCUT2D eigenvalue weighted by Gasteiger charge is -2.14. The molecule has 1 aliphatic rings. The summed E-state index contributed by atoms with van der Waals surface area (Å²) in [5, 5.41) is 11.2. The molecule has 1 amide bonds. The van der Waals surface area contributed by atoms with Gasteiger partial charge in [0.25, 0.3) is 0 Å². The van der Waals surface area contributed by atoms with Crippen molar-refractivity contribution in [2.24, 2.45) is 0 Å². The van der Waals surface area contributed by atoms with Crippen LogP contribution in [0.4, 0.5) is 0 Å². The highest BCUT2D eigenvalue weighted by atomic mass is 35.5. The molecule has 6 heteroatoms. The Labute approximate surface area is 118 Å². The summed E-state index contributed by atoms with van der Waals surface area (Å²) in [7, 11) is 0. The van der Waals surface area contributed by atoms with Crippen LogP contribution in [0.2, 0.25) is 5.02 Å². The van der Waals surface area contributed by atoms with Gasteiger partial charge >= 0.3 is 0 Å². The summed E-state index contributed by atoms with van der Waals surface area (Å²) in [5.41, 5.74) is 1.77. The minimum Gasteiger partial charge on any atom is -0.352 e. The van der Waals surface area contributed by atoms with E-state index in [1.165, 1.54) is 0 Å². The molecule has 1 aromatic rings. The van der Waals surface area contributed by atoms with Crippen molar-refractivity contribution >= 4 is 17.5 Å². The van der Waals surface area contributed by atoms with E-state index in [9.17, 15) is 4.79 Å². The van der Waals surface area contributed by atoms with Crippen LogP contribution in [0.3, 0.4) is 0 Å². The summed E-state index contributed by atoms with van der Waals surface area (Å²) in [4.78, 5) is 11.8. The van der Waals surface area contributed by atoms with E-state index in [0.717, 1.165) is 30.8 Å². The Morgan fingerprint density at radius 3 is 2.84 bits per heavy atom. The average molecular weight is 285 g/mol. The summed E-state index contributed by atoms with van der Waals surface area (Å²) >= 11 is 6.23. The van der Waals surface area contributed by atoms with E-state index < -0.39 is 0 Å². The van der Waals surface area contributed by atoms with Crippen LogP contribution in [0.5, 0.6) is 0 Å². The molecule has 1 atom stereocenters. The van der Waals surface area contributed by atoms with Crippen molar-refractivity contribution < 1.29 is 4.79 Å². The largest absolute Gasteiger partial charge is 0.352 e. The standard InChI is InChI=1S/C13H21ClN4O/c1-4-18-11(12(14)8(2)17-18)7-15-9(3)13(19)16-10-5-6-10/h9-10,15H,4-7H2,1-3H3,(H,16,19). The van der Waals surface area contributed by atoms with Gasteiger partial charge in [-0.25, -0.2) is 0 Å². The van der Waals surface area contributed by atoms with Crippen LogP contribution in [-0.4, -0.2) is 27.8 Å². The maximum absolute atomic E-state index is 11.8. The molecule has 1 heterocycles. The molecule has 0 aromatic carbocycles. The van der Waals surface area contributed by atoms with Gasteiger partial charge in [-0.1, -0.05) is 11.6 Å². The number of aryl methyl sites for hydroxylation is 2. The molecular weight excluding hydrogens is 264 g/mol. The monoisotopic (exact) mass is 284 g/mol. The van der Waals surface area contributed by atoms with E-state index in [1.54, 1.807) is 0 Å². The van der Waals surface area contributed by atoms with Crippen molar-refractivity contribution in [2.75, 3.05) is 0 Å². The molecule has 1 aliphatic carbocycles. The summed E-state index contributed by atoms with van der Waals surface area (Å²) in [6.45, 7) is 7.10. The fraction of sp³-hybridized carbons (Fsp3) is 0.692. The number of carbonyl (C=O) groups is 1. The molecule has 0 bridgehead atoms. The Morgan fingerprint density at radius 1 is 1.58 bits per heavy atom. The van der Waals surface area contributed by atoms with Gasteiger partial charge in [0.1, 0.15) is 0 Å². The van der Waals surface area contributed by atoms with Gasteiger partial charge < -0.3 is 10.6 Å². The Morgan fingerprint density at radius 2 is 2.26 bits per heavy atom. The molecule has 2 N–H and O–H groups in total. The zero-order chi connectivity index (χ0) is 14.0. The van der Waals surface area contributed by atoms with Gasteiger partial charge in [0.05, 0.1) is 22.5 Å². The molecule has 5 nitrogen and oxygen atoms in total. The molecule has 0 saturated heterocycles. The number of rotatable bonds is 6. The molecule has 0 aliphatic heterocycles. The minimum absolute atomic E-state index is 0.0536. The van der Waals surface area contributed by atoms with Gasteiger partial charge in [0, 0.05) is 19.1 Å². The van der Waals surface area contributed by atoms with Crippen LogP contribution in [0.25, 0.3) is 0 Å². The predicted octanol–water partition coefficient (Wildman–Crippen LogP) is 1.62. The van der Waals surface area contributed by atoms with Crippen molar-refractivity contribution in [3.63, 3.8) is 0 Å². The smallest absolute Gasteiger partial charge is 0.237 e. The van der Waals surface area contributed by atoms with Crippen LogP contribution in [0, 0.1) is 6.92 Å². The molecule has 0 spiro atoms. The number of amides is 1. The Bertz CT molecular complexity index is 467. The first-order chi connectivity index (χ1) is 9.02. The first-order valence-electron chi connectivity index (χ1n) is 6.78. The first kappa shape index (κ1) is 14.3. The van der Waals surface area contributed by atoms with Gasteiger partial charge in [-0.15, -0.1) is 0 Å². The van der Waals surface area contributed by atoms with E-state index in [2.05, 4.69) is 15.7 Å². The van der Waals surface area contributed by atoms with Gasteiger partial charge in [-0.05, 0) is 33.6 Å². The van der Waals surface area contributed by atoms with Gasteiger partial charge in [-0.3, -0.25) is 9.48 Å². The maximum atomic E-state index is 11.8. The molecule has 1 aromatic heterocycles. The maximum Gasteiger partial charge on any atom is 0.237 e. The molecule has 106 valence electrons. The topological polar surface area (TPSA) is 59.0 Å². The summed E-state index contributed by atoms with van der Waals surface area (Å²) in [6, 6.07) is 0.168. The molecule has 1 saturated carbocycles. The summed E-state index contributed by atoms with van der Waals surface area (Å²) in [5.74, 6) is 0.0536. The highest BCUT2D eigenvalue weighted by Crippen LogP contribution is 2.20. The number of hydrogen-bond donors (Lipinski definition) is 2. The summed E-state index contributed by atoms with van der Waals surface area (Å²) < 4.78 is 1.87. The van der Waals surface area contributed by atoms with Crippen molar-refractivity contribution in [1.82, 2.24) is 20.4 Å². The number of carbonyl (C=O) groups excluding carboxylic acids is 1. The molecule has 19 heavy (non-hydrogen) atoms. The fourth-order valence-corrected chi connectivity index (χ4v) is 2.14. The van der Waals surface area contributed by atoms with E-state index in [1.807, 2.05) is 25.5 Å². The van der Waals surface area contributed by atoms with E-state index >= 15 is 0 Å². The van der Waals surface area contributed by atoms with Gasteiger partial charge in [0.2, 0.25) is 5.91 Å². The minimum atomic E-state index is -0.225. The molecule has 1 fully saturated rings. The fourth-order valence-electron chi connectivity index (χ4n) is 1.93. The molecule has 0 radical (unpaired) electrons. The van der Waals surface area contributed by atoms with Crippen LogP contribution in [0.15, 0.2) is 0 Å². The second-order valence-electron chi connectivity index (χ2n) is 5.05. The molecular formula is C13H21ClN4O. The lowest BCUT2D eigenvalue weighted by Crippen LogP contribution is -2.42. The number of halogens is 1. The summed E-state index contributed by atoms with van der Waals surface area (Å²) in [6.07, 6.45) is 2.21. The second-order valence-corrected chi connectivity index (χ2v) is 5.43. The van der Waals surface area contributed by atoms with Crippen molar-refractivity contribution in [1.29, 1.82) is 0 Å². The third kappa shape index (κ3) is 3.48. The zero-order valence-electron chi connectivity index (χ0n) is 11.7. The Kier molecular flexibility index (Phi) is 4.47. The third-order valence-electron chi connectivity index (χ3n) is 3.35. The van der Waals surface area contributed by atoms with Crippen molar-refractivity contribution in [2.45, 2.75) is 58.8 Å². The Balaban J connectivity index is 1.92. The number of hydrogen-bond acceptors (Lipinski definition) is 3. The lowest BCUT2D eigenvalue weighted by molar-refractivity contribution is -0.122. The number of aromatic nitrogens is 2. The average Bonchev–Trinajstić information content (AvgIpc) is 3.15. The predicted molar refractivity (Wildman–Crippen MR) is 75.1 cm³/mol. The quantitative estimate of drug-likeness (QED) is 0.835. The normalized spacial score (nSPS) is 16.4. The Hall–Kier alpha value is -1.07. The van der Waals surface area contributed by atoms with Crippen molar-refractivity contribution in [3.05, 3.63) is 16.4 Å². The SMILES string of the molecule is CCn1nc(C)c(Cl)c1CNC(C)C(=O)NC1CC1. The van der Waals surface area contributed by atoms with Crippen molar-refractivity contribution in [3.8, 4) is 0 Å². The molecule has 2 rings (SSSR count). The van der Waals surface area contributed by atoms with Gasteiger partial charge in [0.15, 0.2) is 0 Å². The highest BCUT2D eigenvalue weighted by molar-refractivity contribution is 6.31. The highest BCUT2D eigenvalue weighted by Gasteiger charge is 2.25. The van der Waals surface area contributed by atoms with E-state index in [4.69, 9.17) is 11.6 Å². The second kappa shape index (κ2) is 5.92. The molecule has 1 unspecified atom stereocenters. The van der Waals surface area contributed by atoms with Crippen LogP contribution in [-0.2, 0) is 17.9 Å².